The number of hydrogen-bond acceptors (Lipinski definition) is 4. The fourth-order valence-electron chi connectivity index (χ4n) is 1.01. The number of rotatable bonds is 2. The summed E-state index contributed by atoms with van der Waals surface area (Å²) in [4.78, 5) is 0. The van der Waals surface area contributed by atoms with Gasteiger partial charge in [0.05, 0.1) is 18.0 Å². The van der Waals surface area contributed by atoms with Crippen molar-refractivity contribution in [2.24, 2.45) is 0 Å². The van der Waals surface area contributed by atoms with Gasteiger partial charge in [0.25, 0.3) is 0 Å². The van der Waals surface area contributed by atoms with Crippen molar-refractivity contribution < 1.29 is 14.9 Å². The van der Waals surface area contributed by atoms with E-state index in [1.54, 1.807) is 7.11 Å². The number of aliphatic hydroxyl groups is 2. The third-order valence-electron chi connectivity index (χ3n) is 1.63. The summed E-state index contributed by atoms with van der Waals surface area (Å²) >= 11 is 1.50. The molecule has 1 fully saturated rings. The first-order chi connectivity index (χ1) is 4.77. The highest BCUT2D eigenvalue weighted by Gasteiger charge is 2.32. The van der Waals surface area contributed by atoms with E-state index >= 15 is 0 Å². The molecule has 0 saturated carbocycles. The lowest BCUT2D eigenvalue weighted by Gasteiger charge is -2.07. The second-order valence-corrected chi connectivity index (χ2v) is 3.73. The van der Waals surface area contributed by atoms with E-state index in [-0.39, 0.29) is 17.3 Å². The van der Waals surface area contributed by atoms with Crippen molar-refractivity contribution in [1.29, 1.82) is 0 Å². The predicted octanol–water partition coefficient (Wildman–Crippen LogP) is -0.182. The molecule has 3 nitrogen and oxygen atoms in total. The van der Waals surface area contributed by atoms with Gasteiger partial charge in [-0.05, 0) is 0 Å². The Hall–Kier alpha value is 0.230. The first-order valence-corrected chi connectivity index (χ1v) is 4.19. The summed E-state index contributed by atoms with van der Waals surface area (Å²) in [6.07, 6.45) is 0.229. The minimum atomic E-state index is -0.403. The largest absolute Gasteiger partial charge is 0.395 e. The monoisotopic (exact) mass is 164 g/mol. The fraction of sp³-hybridized carbons (Fsp3) is 1.00. The van der Waals surface area contributed by atoms with Gasteiger partial charge in [0.2, 0.25) is 0 Å². The van der Waals surface area contributed by atoms with Gasteiger partial charge >= 0.3 is 0 Å². The third-order valence-corrected chi connectivity index (χ3v) is 3.13. The van der Waals surface area contributed by atoms with Crippen molar-refractivity contribution in [2.75, 3.05) is 13.7 Å². The third kappa shape index (κ3) is 1.63. The zero-order chi connectivity index (χ0) is 7.56. The number of hydrogen-bond donors (Lipinski definition) is 2. The van der Waals surface area contributed by atoms with Crippen LogP contribution in [0.2, 0.25) is 0 Å². The highest BCUT2D eigenvalue weighted by atomic mass is 32.2. The second kappa shape index (κ2) is 3.57. The normalized spacial score (nSPS) is 40.5. The average Bonchev–Trinajstić information content (AvgIpc) is 2.30. The Morgan fingerprint density at radius 3 is 2.70 bits per heavy atom. The molecule has 0 aromatic carbocycles. The average molecular weight is 164 g/mol. The van der Waals surface area contributed by atoms with Gasteiger partial charge in [0, 0.05) is 13.5 Å². The minimum Gasteiger partial charge on any atom is -0.395 e. The summed E-state index contributed by atoms with van der Waals surface area (Å²) in [5, 5.41) is 17.9. The summed E-state index contributed by atoms with van der Waals surface area (Å²) in [6.45, 7) is 0.0334. The SMILES string of the molecule is CO[C@H]1C[C@H](O)[C@@H](CO)S1. The van der Waals surface area contributed by atoms with Gasteiger partial charge in [0.15, 0.2) is 0 Å². The van der Waals surface area contributed by atoms with Crippen LogP contribution in [0.25, 0.3) is 0 Å². The van der Waals surface area contributed by atoms with E-state index < -0.39 is 6.10 Å². The van der Waals surface area contributed by atoms with E-state index in [0.29, 0.717) is 6.42 Å². The minimum absolute atomic E-state index is 0.0334. The first kappa shape index (κ1) is 8.33. The number of aliphatic hydroxyl groups excluding tert-OH is 2. The molecular formula is C6H12O3S. The molecule has 60 valence electrons. The molecule has 0 aromatic heterocycles. The first-order valence-electron chi connectivity index (χ1n) is 3.25. The lowest BCUT2D eigenvalue weighted by Crippen LogP contribution is -2.20. The van der Waals surface area contributed by atoms with E-state index in [4.69, 9.17) is 9.84 Å². The van der Waals surface area contributed by atoms with Crippen LogP contribution in [0.4, 0.5) is 0 Å². The Morgan fingerprint density at radius 2 is 2.40 bits per heavy atom. The molecule has 1 rings (SSSR count). The van der Waals surface area contributed by atoms with Gasteiger partial charge < -0.3 is 14.9 Å². The molecule has 1 saturated heterocycles. The van der Waals surface area contributed by atoms with Crippen molar-refractivity contribution >= 4 is 11.8 Å². The van der Waals surface area contributed by atoms with Crippen LogP contribution in [0, 0.1) is 0 Å². The molecule has 1 aliphatic rings. The van der Waals surface area contributed by atoms with Crippen molar-refractivity contribution in [2.45, 2.75) is 23.2 Å². The van der Waals surface area contributed by atoms with Gasteiger partial charge in [-0.1, -0.05) is 0 Å². The Kier molecular flexibility index (Phi) is 2.97. The maximum absolute atomic E-state index is 9.23. The maximum Gasteiger partial charge on any atom is 0.105 e. The summed E-state index contributed by atoms with van der Waals surface area (Å²) in [5.41, 5.74) is 0.0622. The molecular weight excluding hydrogens is 152 g/mol. The van der Waals surface area contributed by atoms with Crippen LogP contribution in [0.15, 0.2) is 0 Å². The van der Waals surface area contributed by atoms with E-state index in [1.165, 1.54) is 11.8 Å². The molecule has 0 spiro atoms. The molecule has 0 amide bonds. The van der Waals surface area contributed by atoms with Crippen molar-refractivity contribution in [3.8, 4) is 0 Å². The molecule has 4 heteroatoms. The topological polar surface area (TPSA) is 49.7 Å². The van der Waals surface area contributed by atoms with E-state index in [9.17, 15) is 5.11 Å². The van der Waals surface area contributed by atoms with Crippen molar-refractivity contribution in [3.63, 3.8) is 0 Å². The molecule has 0 aromatic rings. The molecule has 10 heavy (non-hydrogen) atoms. The number of ether oxygens (including phenoxy) is 1. The summed E-state index contributed by atoms with van der Waals surface area (Å²) in [7, 11) is 1.62. The van der Waals surface area contributed by atoms with Gasteiger partial charge in [-0.15, -0.1) is 11.8 Å². The van der Waals surface area contributed by atoms with Crippen LogP contribution in [0.5, 0.6) is 0 Å². The van der Waals surface area contributed by atoms with Crippen LogP contribution in [-0.2, 0) is 4.74 Å². The van der Waals surface area contributed by atoms with Crippen LogP contribution < -0.4 is 0 Å². The lowest BCUT2D eigenvalue weighted by molar-refractivity contribution is 0.0982. The fourth-order valence-corrected chi connectivity index (χ4v) is 2.19. The molecule has 2 N–H and O–H groups in total. The molecule has 0 unspecified atom stereocenters. The summed E-state index contributed by atoms with van der Waals surface area (Å²) in [5.74, 6) is 0. The van der Waals surface area contributed by atoms with Crippen LogP contribution in [-0.4, -0.2) is 40.7 Å². The highest BCUT2D eigenvalue weighted by molar-refractivity contribution is 8.00. The summed E-state index contributed by atoms with van der Waals surface area (Å²) < 4.78 is 5.01. The Labute approximate surface area is 64.4 Å². The van der Waals surface area contributed by atoms with E-state index in [2.05, 4.69) is 0 Å². The standard InChI is InChI=1S/C6H12O3S/c1-9-6-2-4(8)5(3-7)10-6/h4-8H,2-3H2,1H3/t4-,5+,6+/m0/s1. The van der Waals surface area contributed by atoms with Crippen LogP contribution in [0.3, 0.4) is 0 Å². The Bertz CT molecular complexity index is 109. The maximum atomic E-state index is 9.23. The van der Waals surface area contributed by atoms with Gasteiger partial charge in [0.1, 0.15) is 5.44 Å². The van der Waals surface area contributed by atoms with Gasteiger partial charge in [-0.2, -0.15) is 0 Å². The molecule has 0 bridgehead atoms. The van der Waals surface area contributed by atoms with Crippen molar-refractivity contribution in [1.82, 2.24) is 0 Å². The Morgan fingerprint density at radius 1 is 1.70 bits per heavy atom. The number of thioether (sulfide) groups is 1. The van der Waals surface area contributed by atoms with Crippen LogP contribution >= 0.6 is 11.8 Å². The molecule has 0 radical (unpaired) electrons. The van der Waals surface area contributed by atoms with Gasteiger partial charge in [-0.25, -0.2) is 0 Å². The Balaban J connectivity index is 2.36. The van der Waals surface area contributed by atoms with Crippen LogP contribution in [0.1, 0.15) is 6.42 Å². The molecule has 1 aliphatic heterocycles. The molecule has 1 heterocycles. The molecule has 0 aliphatic carbocycles. The smallest absolute Gasteiger partial charge is 0.105 e. The summed E-state index contributed by atoms with van der Waals surface area (Å²) in [6, 6.07) is 0. The number of methoxy groups -OCH3 is 1. The van der Waals surface area contributed by atoms with E-state index in [1.807, 2.05) is 0 Å². The molecule has 3 atom stereocenters. The predicted molar refractivity (Wildman–Crippen MR) is 39.9 cm³/mol. The highest BCUT2D eigenvalue weighted by Crippen LogP contribution is 2.33. The van der Waals surface area contributed by atoms with Crippen molar-refractivity contribution in [3.05, 3.63) is 0 Å². The second-order valence-electron chi connectivity index (χ2n) is 2.33. The van der Waals surface area contributed by atoms with Gasteiger partial charge in [-0.3, -0.25) is 0 Å². The quantitative estimate of drug-likeness (QED) is 0.594. The zero-order valence-corrected chi connectivity index (χ0v) is 6.67. The van der Waals surface area contributed by atoms with E-state index in [0.717, 1.165) is 0 Å². The lowest BCUT2D eigenvalue weighted by atomic mass is 10.2. The zero-order valence-electron chi connectivity index (χ0n) is 5.86.